The molecular weight excluding hydrogens is 232 g/mol. The summed E-state index contributed by atoms with van der Waals surface area (Å²) in [5, 5.41) is 2.81. The number of piperazine rings is 1. The van der Waals surface area contributed by atoms with Gasteiger partial charge in [-0.2, -0.15) is 0 Å². The molecule has 5 nitrogen and oxygen atoms in total. The monoisotopic (exact) mass is 254 g/mol. The quantitative estimate of drug-likeness (QED) is 0.782. The maximum absolute atomic E-state index is 12.5. The van der Waals surface area contributed by atoms with E-state index in [1.165, 1.54) is 0 Å². The number of hydrogen-bond donors (Lipinski definition) is 1. The van der Waals surface area contributed by atoms with Crippen LogP contribution in [0.25, 0.3) is 0 Å². The fourth-order valence-corrected chi connectivity index (χ4v) is 2.78. The van der Waals surface area contributed by atoms with Crippen LogP contribution in [0.4, 0.5) is 0 Å². The number of nitrogens with zero attached hydrogens (tertiary/aromatic N) is 1. The Balaban J connectivity index is 2.20. The average Bonchev–Trinajstić information content (AvgIpc) is 2.35. The standard InChI is InChI=1S/C13H22N2O3/c1-4-13(3)12(17)15(7-11(16)14-13)10-5-6-18-8-9(10)2/h9-10H,4-8H2,1-3H3,(H,14,16). The van der Waals surface area contributed by atoms with E-state index in [0.717, 1.165) is 6.42 Å². The van der Waals surface area contributed by atoms with Gasteiger partial charge in [-0.05, 0) is 19.8 Å². The number of rotatable bonds is 2. The molecule has 5 heteroatoms. The first-order valence-corrected chi connectivity index (χ1v) is 6.68. The van der Waals surface area contributed by atoms with E-state index in [1.807, 2.05) is 13.8 Å². The number of amides is 2. The van der Waals surface area contributed by atoms with Gasteiger partial charge in [0.05, 0.1) is 13.2 Å². The predicted octanol–water partition coefficient (Wildman–Crippen LogP) is 0.538. The molecule has 2 amide bonds. The van der Waals surface area contributed by atoms with Gasteiger partial charge in [-0.1, -0.05) is 13.8 Å². The second-order valence-corrected chi connectivity index (χ2v) is 5.58. The molecule has 2 rings (SSSR count). The Morgan fingerprint density at radius 2 is 2.22 bits per heavy atom. The first kappa shape index (κ1) is 13.3. The summed E-state index contributed by atoms with van der Waals surface area (Å²) in [5.41, 5.74) is -0.743. The summed E-state index contributed by atoms with van der Waals surface area (Å²) >= 11 is 0. The fourth-order valence-electron chi connectivity index (χ4n) is 2.78. The van der Waals surface area contributed by atoms with Crippen LogP contribution in [0, 0.1) is 5.92 Å². The highest BCUT2D eigenvalue weighted by molar-refractivity contribution is 5.97. The van der Waals surface area contributed by atoms with Crippen LogP contribution in [0.5, 0.6) is 0 Å². The molecule has 0 bridgehead atoms. The molecule has 2 saturated heterocycles. The topological polar surface area (TPSA) is 58.6 Å². The van der Waals surface area contributed by atoms with Crippen LogP contribution in [0.3, 0.4) is 0 Å². The third-order valence-corrected chi connectivity index (χ3v) is 4.17. The lowest BCUT2D eigenvalue weighted by molar-refractivity contribution is -0.155. The Hall–Kier alpha value is -1.10. The van der Waals surface area contributed by atoms with Crippen molar-refractivity contribution in [2.75, 3.05) is 19.8 Å². The lowest BCUT2D eigenvalue weighted by Gasteiger charge is -2.45. The molecule has 2 aliphatic rings. The summed E-state index contributed by atoms with van der Waals surface area (Å²) in [6, 6.07) is 0.128. The van der Waals surface area contributed by atoms with Crippen LogP contribution < -0.4 is 5.32 Å². The number of carbonyl (C=O) groups excluding carboxylic acids is 2. The number of hydrogen-bond acceptors (Lipinski definition) is 3. The molecular formula is C13H22N2O3. The molecule has 0 aromatic carbocycles. The molecule has 0 radical (unpaired) electrons. The first-order valence-electron chi connectivity index (χ1n) is 6.68. The number of nitrogens with one attached hydrogen (secondary N) is 1. The van der Waals surface area contributed by atoms with Gasteiger partial charge in [0.25, 0.3) is 0 Å². The molecule has 3 unspecified atom stereocenters. The zero-order chi connectivity index (χ0) is 13.3. The molecule has 0 aliphatic carbocycles. The van der Waals surface area contributed by atoms with E-state index in [1.54, 1.807) is 4.90 Å². The van der Waals surface area contributed by atoms with Crippen LogP contribution in [0.2, 0.25) is 0 Å². The predicted molar refractivity (Wildman–Crippen MR) is 66.9 cm³/mol. The molecule has 18 heavy (non-hydrogen) atoms. The highest BCUT2D eigenvalue weighted by Crippen LogP contribution is 2.26. The molecule has 0 aromatic heterocycles. The normalized spacial score (nSPS) is 37.6. The zero-order valence-corrected chi connectivity index (χ0v) is 11.4. The van der Waals surface area contributed by atoms with Crippen LogP contribution >= 0.6 is 0 Å². The van der Waals surface area contributed by atoms with Gasteiger partial charge in [0.15, 0.2) is 0 Å². The highest BCUT2D eigenvalue weighted by Gasteiger charge is 2.45. The third-order valence-electron chi connectivity index (χ3n) is 4.17. The van der Waals surface area contributed by atoms with Crippen molar-refractivity contribution < 1.29 is 14.3 Å². The van der Waals surface area contributed by atoms with E-state index in [-0.39, 0.29) is 30.3 Å². The van der Waals surface area contributed by atoms with Crippen LogP contribution in [0.15, 0.2) is 0 Å². The van der Waals surface area contributed by atoms with Gasteiger partial charge in [0.1, 0.15) is 5.54 Å². The number of carbonyl (C=O) groups is 2. The van der Waals surface area contributed by atoms with Gasteiger partial charge in [-0.3, -0.25) is 9.59 Å². The third kappa shape index (κ3) is 2.23. The molecule has 2 heterocycles. The Labute approximate surface area is 108 Å². The zero-order valence-electron chi connectivity index (χ0n) is 11.4. The summed E-state index contributed by atoms with van der Waals surface area (Å²) < 4.78 is 5.40. The van der Waals surface area contributed by atoms with E-state index in [2.05, 4.69) is 12.2 Å². The maximum Gasteiger partial charge on any atom is 0.248 e. The Kier molecular flexibility index (Phi) is 3.61. The van der Waals surface area contributed by atoms with Crippen LogP contribution in [0.1, 0.15) is 33.6 Å². The average molecular weight is 254 g/mol. The minimum absolute atomic E-state index is 0.0448. The van der Waals surface area contributed by atoms with Crippen molar-refractivity contribution in [3.05, 3.63) is 0 Å². The van der Waals surface area contributed by atoms with Crippen LogP contribution in [-0.4, -0.2) is 48.1 Å². The number of ether oxygens (including phenoxy) is 1. The second-order valence-electron chi connectivity index (χ2n) is 5.58. The molecule has 102 valence electrons. The lowest BCUT2D eigenvalue weighted by atomic mass is 9.89. The van der Waals surface area contributed by atoms with E-state index in [9.17, 15) is 9.59 Å². The van der Waals surface area contributed by atoms with Crippen molar-refractivity contribution in [3.63, 3.8) is 0 Å². The molecule has 0 aromatic rings. The van der Waals surface area contributed by atoms with Crippen molar-refractivity contribution in [3.8, 4) is 0 Å². The Bertz CT molecular complexity index is 358. The van der Waals surface area contributed by atoms with E-state index in [0.29, 0.717) is 19.6 Å². The van der Waals surface area contributed by atoms with Gasteiger partial charge >= 0.3 is 0 Å². The molecule has 3 atom stereocenters. The lowest BCUT2D eigenvalue weighted by Crippen LogP contribution is -2.68. The van der Waals surface area contributed by atoms with Gasteiger partial charge in [0.2, 0.25) is 11.8 Å². The molecule has 2 aliphatic heterocycles. The van der Waals surface area contributed by atoms with Crippen molar-refractivity contribution in [1.82, 2.24) is 10.2 Å². The Morgan fingerprint density at radius 3 is 2.83 bits per heavy atom. The van der Waals surface area contributed by atoms with Crippen molar-refractivity contribution in [2.24, 2.45) is 5.92 Å². The SMILES string of the molecule is CCC1(C)NC(=O)CN(C2CCOCC2C)C1=O. The summed E-state index contributed by atoms with van der Waals surface area (Å²) in [5.74, 6) is 0.274. The van der Waals surface area contributed by atoms with E-state index >= 15 is 0 Å². The second kappa shape index (κ2) is 4.88. The minimum Gasteiger partial charge on any atom is -0.381 e. The van der Waals surface area contributed by atoms with Crippen molar-refractivity contribution in [1.29, 1.82) is 0 Å². The van der Waals surface area contributed by atoms with Gasteiger partial charge in [-0.15, -0.1) is 0 Å². The Morgan fingerprint density at radius 1 is 1.50 bits per heavy atom. The van der Waals surface area contributed by atoms with E-state index < -0.39 is 5.54 Å². The fraction of sp³-hybridized carbons (Fsp3) is 0.846. The van der Waals surface area contributed by atoms with Gasteiger partial charge in [0, 0.05) is 18.6 Å². The summed E-state index contributed by atoms with van der Waals surface area (Å²) in [6.07, 6.45) is 1.44. The van der Waals surface area contributed by atoms with Crippen molar-refractivity contribution >= 4 is 11.8 Å². The largest absolute Gasteiger partial charge is 0.381 e. The molecule has 0 saturated carbocycles. The minimum atomic E-state index is -0.743. The summed E-state index contributed by atoms with van der Waals surface area (Å²) in [4.78, 5) is 26.1. The molecule has 0 spiro atoms. The summed E-state index contributed by atoms with van der Waals surface area (Å²) in [7, 11) is 0. The van der Waals surface area contributed by atoms with E-state index in [4.69, 9.17) is 4.74 Å². The molecule has 2 fully saturated rings. The highest BCUT2D eigenvalue weighted by atomic mass is 16.5. The first-order chi connectivity index (χ1) is 8.48. The summed E-state index contributed by atoms with van der Waals surface area (Å²) in [6.45, 7) is 7.33. The smallest absolute Gasteiger partial charge is 0.248 e. The maximum atomic E-state index is 12.5. The van der Waals surface area contributed by atoms with Crippen LogP contribution in [-0.2, 0) is 14.3 Å². The van der Waals surface area contributed by atoms with Gasteiger partial charge in [-0.25, -0.2) is 0 Å². The molecule has 1 N–H and O–H groups in total. The van der Waals surface area contributed by atoms with Gasteiger partial charge < -0.3 is 15.0 Å². The van der Waals surface area contributed by atoms with Crippen molar-refractivity contribution in [2.45, 2.75) is 45.2 Å².